The van der Waals surface area contributed by atoms with Gasteiger partial charge in [0.1, 0.15) is 0 Å². The van der Waals surface area contributed by atoms with Crippen LogP contribution in [0.5, 0.6) is 0 Å². The third-order valence-electron chi connectivity index (χ3n) is 3.63. The zero-order valence-corrected chi connectivity index (χ0v) is 15.4. The van der Waals surface area contributed by atoms with E-state index in [2.05, 4.69) is 0 Å². The molecule has 32 heavy (non-hydrogen) atoms. The molecule has 0 rings (SSSR count). The molecule has 0 N–H and O–H groups in total. The van der Waals surface area contributed by atoms with Crippen molar-refractivity contribution in [1.29, 1.82) is 0 Å². The molecule has 0 nitrogen and oxygen atoms in total. The standard InChI is InChI=1S/C11H5F19.C2H6/c1-2-3(12,13)4(14,15)5(16,17)6(18,19)7(20,21)8(22,23)9(24,25)10(26,27)11(28,29)30;1-2/h2H2,1H3;1-2H3. The molecular formula is C13H11F19. The van der Waals surface area contributed by atoms with Crippen molar-refractivity contribution in [3.8, 4) is 0 Å². The van der Waals surface area contributed by atoms with Crippen molar-refractivity contribution in [2.75, 3.05) is 0 Å². The Morgan fingerprint density at radius 1 is 0.344 bits per heavy atom. The van der Waals surface area contributed by atoms with Gasteiger partial charge in [0.25, 0.3) is 0 Å². The topological polar surface area (TPSA) is 0 Å². The largest absolute Gasteiger partial charge is 0.460 e. The molecule has 196 valence electrons. The van der Waals surface area contributed by atoms with E-state index in [-0.39, 0.29) is 6.92 Å². The highest BCUT2D eigenvalue weighted by atomic mass is 19.4. The van der Waals surface area contributed by atoms with E-state index in [9.17, 15) is 83.4 Å². The summed E-state index contributed by atoms with van der Waals surface area (Å²) < 4.78 is 243. The average molecular weight is 528 g/mol. The number of rotatable bonds is 8. The van der Waals surface area contributed by atoms with Crippen LogP contribution in [-0.2, 0) is 0 Å². The second-order valence-electron chi connectivity index (χ2n) is 5.58. The fourth-order valence-corrected chi connectivity index (χ4v) is 1.62. The molecule has 0 amide bonds. The summed E-state index contributed by atoms with van der Waals surface area (Å²) >= 11 is 0. The van der Waals surface area contributed by atoms with E-state index in [1.165, 1.54) is 0 Å². The van der Waals surface area contributed by atoms with Gasteiger partial charge in [-0.1, -0.05) is 20.8 Å². The van der Waals surface area contributed by atoms with E-state index in [0.717, 1.165) is 0 Å². The fourth-order valence-electron chi connectivity index (χ4n) is 1.62. The first-order valence-corrected chi connectivity index (χ1v) is 7.65. The van der Waals surface area contributed by atoms with Crippen molar-refractivity contribution < 1.29 is 83.4 Å². The van der Waals surface area contributed by atoms with Gasteiger partial charge < -0.3 is 0 Å². The number of hydrogen-bond acceptors (Lipinski definition) is 0. The van der Waals surface area contributed by atoms with E-state index in [1.807, 2.05) is 13.8 Å². The monoisotopic (exact) mass is 528 g/mol. The van der Waals surface area contributed by atoms with Gasteiger partial charge in [0.2, 0.25) is 0 Å². The van der Waals surface area contributed by atoms with E-state index < -0.39 is 60.0 Å². The molecule has 19 heteroatoms. The van der Waals surface area contributed by atoms with Crippen LogP contribution in [0.25, 0.3) is 0 Å². The van der Waals surface area contributed by atoms with Crippen molar-refractivity contribution in [2.24, 2.45) is 0 Å². The summed E-state index contributed by atoms with van der Waals surface area (Å²) in [6.45, 7) is 3.87. The molecule has 0 saturated carbocycles. The highest BCUT2D eigenvalue weighted by molar-refractivity contribution is 5.16. The highest BCUT2D eigenvalue weighted by Gasteiger charge is 2.96. The molecule has 0 aliphatic carbocycles. The first kappa shape index (κ1) is 32.8. The van der Waals surface area contributed by atoms with Gasteiger partial charge in [0.05, 0.1) is 0 Å². The highest BCUT2D eigenvalue weighted by Crippen LogP contribution is 2.65. The Labute approximate surface area is 165 Å². The van der Waals surface area contributed by atoms with E-state index >= 15 is 0 Å². The van der Waals surface area contributed by atoms with Gasteiger partial charge in [-0.2, -0.15) is 83.4 Å². The molecule has 0 radical (unpaired) electrons. The average Bonchev–Trinajstić information content (AvgIpc) is 2.61. The van der Waals surface area contributed by atoms with Gasteiger partial charge in [0.15, 0.2) is 0 Å². The van der Waals surface area contributed by atoms with Crippen molar-refractivity contribution in [1.82, 2.24) is 0 Å². The van der Waals surface area contributed by atoms with Gasteiger partial charge >= 0.3 is 53.6 Å². The minimum absolute atomic E-state index is 0.132. The fraction of sp³-hybridized carbons (Fsp3) is 1.00. The smallest absolute Gasteiger partial charge is 0.200 e. The van der Waals surface area contributed by atoms with Gasteiger partial charge in [-0.05, 0) is 0 Å². The van der Waals surface area contributed by atoms with Crippen molar-refractivity contribution in [3.05, 3.63) is 0 Å². The minimum atomic E-state index is -8.85. The third-order valence-corrected chi connectivity index (χ3v) is 3.63. The molecule has 0 unspecified atom stereocenters. The maximum Gasteiger partial charge on any atom is 0.460 e. The summed E-state index contributed by atoms with van der Waals surface area (Å²) in [5.74, 6) is -65.8. The van der Waals surface area contributed by atoms with Gasteiger partial charge in [-0.25, -0.2) is 0 Å². The van der Waals surface area contributed by atoms with E-state index in [0.29, 0.717) is 0 Å². The van der Waals surface area contributed by atoms with Crippen LogP contribution < -0.4 is 0 Å². The Balaban J connectivity index is 0. The lowest BCUT2D eigenvalue weighted by molar-refractivity contribution is -0.468. The summed E-state index contributed by atoms with van der Waals surface area (Å²) in [6, 6.07) is 0. The Morgan fingerprint density at radius 2 is 0.531 bits per heavy atom. The number of halogens is 19. The molecule has 0 fully saturated rings. The second kappa shape index (κ2) is 8.47. The summed E-state index contributed by atoms with van der Waals surface area (Å²) in [7, 11) is 0. The summed E-state index contributed by atoms with van der Waals surface area (Å²) in [5.41, 5.74) is 0. The zero-order valence-electron chi connectivity index (χ0n) is 15.4. The molecule has 0 aliphatic rings. The van der Waals surface area contributed by atoms with Crippen LogP contribution in [0.15, 0.2) is 0 Å². The normalized spacial score (nSPS) is 15.9. The van der Waals surface area contributed by atoms with Crippen LogP contribution in [0.4, 0.5) is 83.4 Å². The molecule has 0 aromatic rings. The van der Waals surface area contributed by atoms with Crippen LogP contribution in [-0.4, -0.2) is 53.6 Å². The predicted octanol–water partition coefficient (Wildman–Crippen LogP) is 8.07. The molecule has 0 aromatic heterocycles. The van der Waals surface area contributed by atoms with E-state index in [4.69, 9.17) is 0 Å². The van der Waals surface area contributed by atoms with Crippen LogP contribution >= 0.6 is 0 Å². The third kappa shape index (κ3) is 4.04. The predicted molar refractivity (Wildman–Crippen MR) is 67.3 cm³/mol. The SMILES string of the molecule is CC.CCC(F)(F)C(F)(F)C(F)(F)C(F)(F)C(F)(F)C(F)(F)C(F)(F)C(F)(F)C(F)(F)F. The van der Waals surface area contributed by atoms with Crippen LogP contribution in [0.3, 0.4) is 0 Å². The van der Waals surface area contributed by atoms with Gasteiger partial charge in [-0.15, -0.1) is 0 Å². The Kier molecular flexibility index (Phi) is 8.69. The maximum atomic E-state index is 13.2. The second-order valence-corrected chi connectivity index (χ2v) is 5.58. The minimum Gasteiger partial charge on any atom is -0.200 e. The lowest BCUT2D eigenvalue weighted by Crippen LogP contribution is -2.75. The van der Waals surface area contributed by atoms with Crippen molar-refractivity contribution in [3.63, 3.8) is 0 Å². The summed E-state index contributed by atoms with van der Waals surface area (Å²) in [6.07, 6.45) is -10.4. The molecule has 0 spiro atoms. The molecule has 0 aliphatic heterocycles. The van der Waals surface area contributed by atoms with Gasteiger partial charge in [-0.3, -0.25) is 0 Å². The number of alkyl halides is 19. The summed E-state index contributed by atoms with van der Waals surface area (Å²) in [4.78, 5) is 0. The number of hydrogen-bond donors (Lipinski definition) is 0. The maximum absolute atomic E-state index is 13.2. The van der Waals surface area contributed by atoms with E-state index in [1.54, 1.807) is 0 Å². The lowest BCUT2D eigenvalue weighted by Gasteiger charge is -2.43. The van der Waals surface area contributed by atoms with Crippen LogP contribution in [0.2, 0.25) is 0 Å². The summed E-state index contributed by atoms with van der Waals surface area (Å²) in [5, 5.41) is 0. The molecule has 0 heterocycles. The van der Waals surface area contributed by atoms with Crippen molar-refractivity contribution in [2.45, 2.75) is 80.7 Å². The molecule has 0 aromatic carbocycles. The molecule has 0 saturated heterocycles. The Bertz CT molecular complexity index is 626. The van der Waals surface area contributed by atoms with Gasteiger partial charge in [0, 0.05) is 6.42 Å². The molecule has 0 atom stereocenters. The first-order chi connectivity index (χ1) is 13.6. The quantitative estimate of drug-likeness (QED) is 0.280. The van der Waals surface area contributed by atoms with Crippen LogP contribution in [0, 0.1) is 0 Å². The Morgan fingerprint density at radius 3 is 0.719 bits per heavy atom. The van der Waals surface area contributed by atoms with Crippen LogP contribution in [0.1, 0.15) is 27.2 Å². The van der Waals surface area contributed by atoms with Crippen molar-refractivity contribution >= 4 is 0 Å². The Hall–Kier alpha value is -1.33. The first-order valence-electron chi connectivity index (χ1n) is 7.65. The molecule has 0 bridgehead atoms. The molecular weight excluding hydrogens is 517 g/mol. The zero-order chi connectivity index (χ0) is 27.2. The lowest BCUT2D eigenvalue weighted by atomic mass is 9.87.